The van der Waals surface area contributed by atoms with Crippen molar-refractivity contribution < 1.29 is 13.9 Å². The summed E-state index contributed by atoms with van der Waals surface area (Å²) in [5, 5.41) is 9.18. The van der Waals surface area contributed by atoms with Crippen LogP contribution in [0.4, 0.5) is 8.78 Å². The summed E-state index contributed by atoms with van der Waals surface area (Å²) in [7, 11) is 0. The Balaban J connectivity index is 3.27. The monoisotopic (exact) mass is 329 g/mol. The first-order valence-electron chi connectivity index (χ1n) is 3.73. The molecule has 0 aromatic carbocycles. The van der Waals surface area contributed by atoms with Crippen LogP contribution in [0, 0.1) is 0 Å². The van der Waals surface area contributed by atoms with E-state index in [0.29, 0.717) is 15.5 Å². The summed E-state index contributed by atoms with van der Waals surface area (Å²) < 4.78 is 25.3. The van der Waals surface area contributed by atoms with E-state index >= 15 is 0 Å². The number of nitrogens with zero attached hydrogens (tertiary/aromatic N) is 1. The van der Waals surface area contributed by atoms with Crippen molar-refractivity contribution in [3.05, 3.63) is 27.5 Å². The highest BCUT2D eigenvalue weighted by atomic mass is 79.9. The molecule has 1 heterocycles. The van der Waals surface area contributed by atoms with E-state index in [-0.39, 0.29) is 17.9 Å². The Hall–Kier alpha value is -0.0700. The minimum Gasteiger partial charge on any atom is -0.390 e. The van der Waals surface area contributed by atoms with Crippen LogP contribution in [0.3, 0.4) is 0 Å². The van der Waals surface area contributed by atoms with Crippen molar-refractivity contribution in [3.8, 4) is 0 Å². The van der Waals surface area contributed by atoms with Crippen LogP contribution in [-0.2, 0) is 11.9 Å². The minimum atomic E-state index is -2.57. The van der Waals surface area contributed by atoms with Gasteiger partial charge in [0.15, 0.2) is 0 Å². The first-order valence-corrected chi connectivity index (χ1v) is 5.64. The van der Waals surface area contributed by atoms with Crippen molar-refractivity contribution >= 4 is 31.9 Å². The molecule has 6 heteroatoms. The van der Waals surface area contributed by atoms with Crippen molar-refractivity contribution in [2.24, 2.45) is 0 Å². The van der Waals surface area contributed by atoms with E-state index in [1.165, 1.54) is 6.07 Å². The molecule has 0 aliphatic heterocycles. The summed E-state index contributed by atoms with van der Waals surface area (Å²) in [5.41, 5.74) is 0.573. The lowest BCUT2D eigenvalue weighted by Gasteiger charge is -2.08. The molecule has 0 aliphatic rings. The van der Waals surface area contributed by atoms with E-state index in [9.17, 15) is 8.78 Å². The molecule has 0 radical (unpaired) electrons. The van der Waals surface area contributed by atoms with E-state index in [0.717, 1.165) is 0 Å². The zero-order valence-corrected chi connectivity index (χ0v) is 10.1. The Kier molecular flexibility index (Phi) is 4.40. The number of alkyl halides is 3. The number of hydrogen-bond donors (Lipinski definition) is 1. The molecule has 0 unspecified atom stereocenters. The zero-order valence-electron chi connectivity index (χ0n) is 6.98. The molecule has 78 valence electrons. The van der Waals surface area contributed by atoms with Crippen molar-refractivity contribution in [1.29, 1.82) is 0 Å². The second kappa shape index (κ2) is 5.14. The largest absolute Gasteiger partial charge is 0.390 e. The van der Waals surface area contributed by atoms with Crippen LogP contribution < -0.4 is 0 Å². The average Bonchev–Trinajstić information content (AvgIpc) is 2.17. The molecule has 0 atom stereocenters. The maximum absolute atomic E-state index is 12.5. The molecule has 0 saturated carbocycles. The van der Waals surface area contributed by atoms with Gasteiger partial charge in [-0.25, -0.2) is 8.78 Å². The van der Waals surface area contributed by atoms with Gasteiger partial charge in [0.2, 0.25) is 0 Å². The Morgan fingerprint density at radius 2 is 2.14 bits per heavy atom. The topological polar surface area (TPSA) is 33.1 Å². The van der Waals surface area contributed by atoms with E-state index in [1.807, 2.05) is 0 Å². The van der Waals surface area contributed by atoms with E-state index in [4.69, 9.17) is 5.11 Å². The van der Waals surface area contributed by atoms with Crippen molar-refractivity contribution in [2.75, 3.05) is 0 Å². The van der Waals surface area contributed by atoms with Gasteiger partial charge in [0.1, 0.15) is 0 Å². The fraction of sp³-hybridized carbons (Fsp3) is 0.375. The Morgan fingerprint density at radius 1 is 1.50 bits per heavy atom. The van der Waals surface area contributed by atoms with Crippen LogP contribution in [0.1, 0.15) is 23.4 Å². The fourth-order valence-corrected chi connectivity index (χ4v) is 2.29. The summed E-state index contributed by atoms with van der Waals surface area (Å²) >= 11 is 6.19. The standard InChI is InChI=1S/C8H7Br2F2NO/c9-2-6-7(10)5(8(11)12)1-4(3-14)13-6/h1,8,14H,2-3H2. The lowest BCUT2D eigenvalue weighted by molar-refractivity contribution is 0.150. The van der Waals surface area contributed by atoms with Gasteiger partial charge in [-0.05, 0) is 22.0 Å². The molecule has 0 bridgehead atoms. The fourth-order valence-electron chi connectivity index (χ4n) is 0.993. The summed E-state index contributed by atoms with van der Waals surface area (Å²) in [6.45, 7) is -0.340. The van der Waals surface area contributed by atoms with Gasteiger partial charge in [-0.2, -0.15) is 0 Å². The van der Waals surface area contributed by atoms with Crippen LogP contribution in [0.25, 0.3) is 0 Å². The second-order valence-corrected chi connectivity index (χ2v) is 3.91. The van der Waals surface area contributed by atoms with Crippen LogP contribution >= 0.6 is 31.9 Å². The van der Waals surface area contributed by atoms with Gasteiger partial charge in [-0.1, -0.05) is 15.9 Å². The molecule has 0 amide bonds. The molecule has 1 aromatic rings. The van der Waals surface area contributed by atoms with Crippen LogP contribution in [0.15, 0.2) is 10.5 Å². The van der Waals surface area contributed by atoms with Crippen LogP contribution in [0.2, 0.25) is 0 Å². The molecule has 14 heavy (non-hydrogen) atoms. The van der Waals surface area contributed by atoms with Gasteiger partial charge >= 0.3 is 0 Å². The van der Waals surface area contributed by atoms with E-state index < -0.39 is 6.43 Å². The number of aliphatic hydroxyl groups excluding tert-OH is 1. The Morgan fingerprint density at radius 3 is 2.57 bits per heavy atom. The third-order valence-electron chi connectivity index (χ3n) is 1.63. The third kappa shape index (κ3) is 2.49. The van der Waals surface area contributed by atoms with Crippen LogP contribution in [0.5, 0.6) is 0 Å². The highest BCUT2D eigenvalue weighted by Crippen LogP contribution is 2.30. The molecule has 0 fully saturated rings. The smallest absolute Gasteiger partial charge is 0.265 e. The number of aromatic nitrogens is 1. The highest BCUT2D eigenvalue weighted by Gasteiger charge is 2.16. The summed E-state index contributed by atoms with van der Waals surface area (Å²) in [5.74, 6) is 0. The maximum Gasteiger partial charge on any atom is 0.265 e. The van der Waals surface area contributed by atoms with Gasteiger partial charge in [-0.3, -0.25) is 4.98 Å². The third-order valence-corrected chi connectivity index (χ3v) is 3.08. The van der Waals surface area contributed by atoms with Crippen molar-refractivity contribution in [2.45, 2.75) is 18.4 Å². The summed E-state index contributed by atoms with van der Waals surface area (Å²) in [6, 6.07) is 1.20. The predicted octanol–water partition coefficient (Wildman–Crippen LogP) is 3.17. The number of rotatable bonds is 3. The van der Waals surface area contributed by atoms with Gasteiger partial charge in [0, 0.05) is 15.4 Å². The molecule has 1 rings (SSSR count). The maximum atomic E-state index is 12.5. The number of hydrogen-bond acceptors (Lipinski definition) is 2. The quantitative estimate of drug-likeness (QED) is 0.863. The van der Waals surface area contributed by atoms with Crippen molar-refractivity contribution in [3.63, 3.8) is 0 Å². The SMILES string of the molecule is OCc1cc(C(F)F)c(Br)c(CBr)n1. The lowest BCUT2D eigenvalue weighted by Crippen LogP contribution is -2.00. The van der Waals surface area contributed by atoms with Gasteiger partial charge < -0.3 is 5.11 Å². The highest BCUT2D eigenvalue weighted by molar-refractivity contribution is 9.10. The number of pyridine rings is 1. The zero-order chi connectivity index (χ0) is 10.7. The lowest BCUT2D eigenvalue weighted by atomic mass is 10.2. The molecule has 0 saturated heterocycles. The first kappa shape index (κ1) is 12.0. The van der Waals surface area contributed by atoms with Gasteiger partial charge in [0.05, 0.1) is 18.0 Å². The number of aliphatic hydroxyl groups is 1. The molecule has 0 spiro atoms. The normalized spacial score (nSPS) is 11.0. The van der Waals surface area contributed by atoms with Crippen molar-refractivity contribution in [1.82, 2.24) is 4.98 Å². The van der Waals surface area contributed by atoms with E-state index in [1.54, 1.807) is 0 Å². The first-order chi connectivity index (χ1) is 6.60. The van der Waals surface area contributed by atoms with Gasteiger partial charge in [0.25, 0.3) is 6.43 Å². The Labute approximate surface area is 96.6 Å². The molecular weight excluding hydrogens is 324 g/mol. The Bertz CT molecular complexity index is 333. The molecule has 1 aromatic heterocycles. The average molecular weight is 331 g/mol. The summed E-state index contributed by atoms with van der Waals surface area (Å²) in [4.78, 5) is 3.98. The van der Waals surface area contributed by atoms with Gasteiger partial charge in [-0.15, -0.1) is 0 Å². The number of halogens is 4. The predicted molar refractivity (Wildman–Crippen MR) is 55.4 cm³/mol. The molecule has 2 nitrogen and oxygen atoms in total. The molecular formula is C8H7Br2F2NO. The second-order valence-electron chi connectivity index (χ2n) is 2.56. The summed E-state index contributed by atoms with van der Waals surface area (Å²) in [6.07, 6.45) is -2.57. The van der Waals surface area contributed by atoms with E-state index in [2.05, 4.69) is 36.8 Å². The van der Waals surface area contributed by atoms with Crippen LogP contribution in [-0.4, -0.2) is 10.1 Å². The minimum absolute atomic E-state index is 0.140. The molecule has 0 aliphatic carbocycles. The molecule has 1 N–H and O–H groups in total.